The van der Waals surface area contributed by atoms with Crippen LogP contribution in [-0.2, 0) is 16.1 Å². The smallest absolute Gasteiger partial charge is 0.235 e. The molecule has 0 atom stereocenters. The Balaban J connectivity index is 1.87. The molecule has 0 heterocycles. The molecule has 2 N–H and O–H groups in total. The van der Waals surface area contributed by atoms with Gasteiger partial charge < -0.3 is 10.6 Å². The molecule has 2 amide bonds. The fourth-order valence-corrected chi connectivity index (χ4v) is 2.83. The van der Waals surface area contributed by atoms with Crippen LogP contribution in [0.4, 0.5) is 0 Å². The van der Waals surface area contributed by atoms with Crippen LogP contribution in [0.15, 0.2) is 24.3 Å². The summed E-state index contributed by atoms with van der Waals surface area (Å²) in [7, 11) is 0. The summed E-state index contributed by atoms with van der Waals surface area (Å²) in [5.74, 6) is -0.405. The fourth-order valence-electron chi connectivity index (χ4n) is 2.83. The van der Waals surface area contributed by atoms with Gasteiger partial charge in [0.05, 0.1) is 0 Å². The van der Waals surface area contributed by atoms with Crippen LogP contribution in [0.3, 0.4) is 0 Å². The lowest BCUT2D eigenvalue weighted by molar-refractivity contribution is -0.142. The van der Waals surface area contributed by atoms with Crippen molar-refractivity contribution in [3.05, 3.63) is 35.4 Å². The third kappa shape index (κ3) is 4.81. The Labute approximate surface area is 139 Å². The van der Waals surface area contributed by atoms with E-state index in [-0.39, 0.29) is 17.9 Å². The molecule has 1 aliphatic carbocycles. The molecule has 0 saturated heterocycles. The minimum atomic E-state index is -1.05. The van der Waals surface area contributed by atoms with Gasteiger partial charge in [-0.3, -0.25) is 9.59 Å². The molecular weight excluding hydrogens is 288 g/mol. The van der Waals surface area contributed by atoms with Crippen LogP contribution in [0, 0.1) is 12.3 Å². The van der Waals surface area contributed by atoms with Crippen molar-refractivity contribution in [1.82, 2.24) is 10.6 Å². The van der Waals surface area contributed by atoms with Crippen molar-refractivity contribution in [3.8, 4) is 0 Å². The van der Waals surface area contributed by atoms with Crippen LogP contribution in [0.2, 0.25) is 0 Å². The summed E-state index contributed by atoms with van der Waals surface area (Å²) in [6, 6.07) is 8.24. The number of hydrogen-bond donors (Lipinski definition) is 2. The Morgan fingerprint density at radius 1 is 1.04 bits per heavy atom. The topological polar surface area (TPSA) is 58.2 Å². The summed E-state index contributed by atoms with van der Waals surface area (Å²) >= 11 is 0. The Kier molecular flexibility index (Phi) is 5.80. The highest BCUT2D eigenvalue weighted by Gasteiger charge is 2.36. The number of benzene rings is 1. The summed E-state index contributed by atoms with van der Waals surface area (Å²) in [6.45, 7) is 5.85. The molecule has 2 rings (SSSR count). The molecule has 4 nitrogen and oxygen atoms in total. The zero-order valence-electron chi connectivity index (χ0n) is 14.4. The highest BCUT2D eigenvalue weighted by atomic mass is 16.2. The van der Waals surface area contributed by atoms with E-state index in [9.17, 15) is 9.59 Å². The molecular formula is C19H28N2O2. The first-order chi connectivity index (χ1) is 10.9. The van der Waals surface area contributed by atoms with Gasteiger partial charge in [0.25, 0.3) is 0 Å². The zero-order chi connectivity index (χ0) is 16.9. The van der Waals surface area contributed by atoms with Gasteiger partial charge in [-0.1, -0.05) is 49.1 Å². The molecule has 0 radical (unpaired) electrons. The number of carbonyl (C=O) groups excluding carboxylic acids is 2. The van der Waals surface area contributed by atoms with E-state index in [2.05, 4.69) is 10.6 Å². The van der Waals surface area contributed by atoms with Crippen LogP contribution in [0.1, 0.15) is 57.1 Å². The highest BCUT2D eigenvalue weighted by Crippen LogP contribution is 2.21. The highest BCUT2D eigenvalue weighted by molar-refractivity contribution is 6.04. The fraction of sp³-hybridized carbons (Fsp3) is 0.579. The van der Waals surface area contributed by atoms with Crippen LogP contribution in [-0.4, -0.2) is 17.9 Å². The summed E-state index contributed by atoms with van der Waals surface area (Å²) in [6.07, 6.45) is 5.60. The van der Waals surface area contributed by atoms with E-state index in [1.54, 1.807) is 13.8 Å². The molecule has 0 spiro atoms. The number of aryl methyl sites for hydroxylation is 1. The minimum Gasteiger partial charge on any atom is -0.352 e. The van der Waals surface area contributed by atoms with Crippen LogP contribution < -0.4 is 10.6 Å². The third-order valence-electron chi connectivity index (χ3n) is 4.65. The average Bonchev–Trinajstić information content (AvgIpc) is 2.54. The minimum absolute atomic E-state index is 0.175. The molecule has 1 fully saturated rings. The standard InChI is InChI=1S/C19H28N2O2/c1-14-9-11-15(12-10-14)13-20-17(22)19(2,3)18(23)21-16-7-5-4-6-8-16/h9-12,16H,4-8,13H2,1-3H3,(H,20,22)(H,21,23). The number of carbonyl (C=O) groups is 2. The van der Waals surface area contributed by atoms with Crippen LogP contribution >= 0.6 is 0 Å². The maximum atomic E-state index is 12.5. The Hall–Kier alpha value is -1.84. The Morgan fingerprint density at radius 2 is 1.65 bits per heavy atom. The van der Waals surface area contributed by atoms with Gasteiger partial charge in [0.1, 0.15) is 5.41 Å². The maximum absolute atomic E-state index is 12.5. The first-order valence-corrected chi connectivity index (χ1v) is 8.54. The third-order valence-corrected chi connectivity index (χ3v) is 4.65. The first-order valence-electron chi connectivity index (χ1n) is 8.54. The molecule has 1 saturated carbocycles. The molecule has 1 aromatic carbocycles. The summed E-state index contributed by atoms with van der Waals surface area (Å²) in [4.78, 5) is 24.9. The van der Waals surface area contributed by atoms with E-state index < -0.39 is 5.41 Å². The largest absolute Gasteiger partial charge is 0.352 e. The van der Waals surface area contributed by atoms with Crippen molar-refractivity contribution >= 4 is 11.8 Å². The van der Waals surface area contributed by atoms with Gasteiger partial charge in [-0.25, -0.2) is 0 Å². The lowest BCUT2D eigenvalue weighted by Gasteiger charge is -2.28. The van der Waals surface area contributed by atoms with Crippen molar-refractivity contribution in [3.63, 3.8) is 0 Å². The number of rotatable bonds is 5. The lowest BCUT2D eigenvalue weighted by Crippen LogP contribution is -2.50. The molecule has 23 heavy (non-hydrogen) atoms. The van der Waals surface area contributed by atoms with Gasteiger partial charge in [0, 0.05) is 12.6 Å². The second-order valence-corrected chi connectivity index (χ2v) is 7.10. The predicted molar refractivity (Wildman–Crippen MR) is 91.8 cm³/mol. The first kappa shape index (κ1) is 17.5. The van der Waals surface area contributed by atoms with Crippen LogP contribution in [0.5, 0.6) is 0 Å². The zero-order valence-corrected chi connectivity index (χ0v) is 14.4. The Morgan fingerprint density at radius 3 is 2.26 bits per heavy atom. The van der Waals surface area contributed by atoms with Gasteiger partial charge in [-0.2, -0.15) is 0 Å². The predicted octanol–water partition coefficient (Wildman–Crippen LogP) is 3.09. The molecule has 1 aromatic rings. The molecule has 0 unspecified atom stereocenters. The van der Waals surface area contributed by atoms with Gasteiger partial charge >= 0.3 is 0 Å². The van der Waals surface area contributed by atoms with E-state index in [4.69, 9.17) is 0 Å². The SMILES string of the molecule is Cc1ccc(CNC(=O)C(C)(C)C(=O)NC2CCCCC2)cc1. The second kappa shape index (κ2) is 7.62. The van der Waals surface area contributed by atoms with Gasteiger partial charge in [-0.15, -0.1) is 0 Å². The summed E-state index contributed by atoms with van der Waals surface area (Å²) < 4.78 is 0. The van der Waals surface area contributed by atoms with Gasteiger partial charge in [-0.05, 0) is 39.2 Å². The van der Waals surface area contributed by atoms with Crippen LogP contribution in [0.25, 0.3) is 0 Å². The number of nitrogens with one attached hydrogen (secondary N) is 2. The summed E-state index contributed by atoms with van der Waals surface area (Å²) in [5, 5.41) is 5.92. The van der Waals surface area contributed by atoms with Gasteiger partial charge in [0.15, 0.2) is 0 Å². The maximum Gasteiger partial charge on any atom is 0.235 e. The van der Waals surface area contributed by atoms with Crippen molar-refractivity contribution in [2.24, 2.45) is 5.41 Å². The van der Waals surface area contributed by atoms with E-state index in [0.717, 1.165) is 31.2 Å². The van der Waals surface area contributed by atoms with Crippen molar-refractivity contribution < 1.29 is 9.59 Å². The van der Waals surface area contributed by atoms with E-state index in [1.165, 1.54) is 12.0 Å². The van der Waals surface area contributed by atoms with Crippen molar-refractivity contribution in [1.29, 1.82) is 0 Å². The van der Waals surface area contributed by atoms with Gasteiger partial charge in [0.2, 0.25) is 11.8 Å². The molecule has 0 bridgehead atoms. The average molecular weight is 316 g/mol. The number of hydrogen-bond acceptors (Lipinski definition) is 2. The quantitative estimate of drug-likeness (QED) is 0.820. The summed E-state index contributed by atoms with van der Waals surface area (Å²) in [5.41, 5.74) is 1.17. The molecule has 4 heteroatoms. The molecule has 1 aliphatic rings. The Bertz CT molecular complexity index is 543. The normalized spacial score (nSPS) is 16.0. The van der Waals surface area contributed by atoms with E-state index in [0.29, 0.717) is 6.54 Å². The lowest BCUT2D eigenvalue weighted by atomic mass is 9.89. The number of amides is 2. The second-order valence-electron chi connectivity index (χ2n) is 7.10. The van der Waals surface area contributed by atoms with Crippen molar-refractivity contribution in [2.75, 3.05) is 0 Å². The van der Waals surface area contributed by atoms with E-state index >= 15 is 0 Å². The molecule has 126 valence electrons. The molecule has 0 aromatic heterocycles. The molecule has 0 aliphatic heterocycles. The van der Waals surface area contributed by atoms with E-state index in [1.807, 2.05) is 31.2 Å². The monoisotopic (exact) mass is 316 g/mol. The van der Waals surface area contributed by atoms with Crippen molar-refractivity contribution in [2.45, 2.75) is 65.5 Å².